The van der Waals surface area contributed by atoms with Gasteiger partial charge < -0.3 is 14.2 Å². The summed E-state index contributed by atoms with van der Waals surface area (Å²) >= 11 is 0. The van der Waals surface area contributed by atoms with Gasteiger partial charge in [-0.15, -0.1) is 0 Å². The highest BCUT2D eigenvalue weighted by atomic mass is 16.6. The lowest BCUT2D eigenvalue weighted by Gasteiger charge is -2.54. The third kappa shape index (κ3) is 2.87. The van der Waals surface area contributed by atoms with Crippen LogP contribution in [0.3, 0.4) is 0 Å². The number of ether oxygens (including phenoxy) is 3. The van der Waals surface area contributed by atoms with Crippen LogP contribution in [0.15, 0.2) is 24.3 Å². The first-order valence-corrected chi connectivity index (χ1v) is 8.55. The third-order valence-electron chi connectivity index (χ3n) is 5.90. The lowest BCUT2D eigenvalue weighted by atomic mass is 9.54. The van der Waals surface area contributed by atoms with Gasteiger partial charge in [0.15, 0.2) is 0 Å². The predicted octanol–water partition coefficient (Wildman–Crippen LogP) is 2.32. The molecule has 6 atom stereocenters. The van der Waals surface area contributed by atoms with Crippen LogP contribution in [0.1, 0.15) is 40.0 Å². The van der Waals surface area contributed by atoms with E-state index in [0.717, 1.165) is 5.57 Å². The standard InChI is InChI=1S/C19H24O6/c1-9-6-15(23-11(3)20)17(24-12(4)21)19(5)8-16-13(7-14(9)19)10(2)18(22)25-16/h13-17H,1-2,6-8H2,3-5H3/t13-,14+,15+,16-,17+,19-/m1/s1. The van der Waals surface area contributed by atoms with Crippen LogP contribution in [-0.4, -0.2) is 36.2 Å². The highest BCUT2D eigenvalue weighted by molar-refractivity contribution is 5.90. The van der Waals surface area contributed by atoms with E-state index in [-0.39, 0.29) is 23.9 Å². The summed E-state index contributed by atoms with van der Waals surface area (Å²) in [6.07, 6.45) is 0.168. The highest BCUT2D eigenvalue weighted by Gasteiger charge is 2.60. The lowest BCUT2D eigenvalue weighted by Crippen LogP contribution is -2.58. The van der Waals surface area contributed by atoms with Crippen LogP contribution in [0.4, 0.5) is 0 Å². The zero-order chi connectivity index (χ0) is 18.5. The van der Waals surface area contributed by atoms with Crippen molar-refractivity contribution in [3.63, 3.8) is 0 Å². The van der Waals surface area contributed by atoms with E-state index in [1.165, 1.54) is 13.8 Å². The summed E-state index contributed by atoms with van der Waals surface area (Å²) in [5.74, 6) is -1.21. The van der Waals surface area contributed by atoms with Crippen LogP contribution in [0.5, 0.6) is 0 Å². The lowest BCUT2D eigenvalue weighted by molar-refractivity contribution is -0.194. The highest BCUT2D eigenvalue weighted by Crippen LogP contribution is 2.57. The Bertz CT molecular complexity index is 665. The van der Waals surface area contributed by atoms with Gasteiger partial charge in [-0.2, -0.15) is 0 Å². The quantitative estimate of drug-likeness (QED) is 0.330. The zero-order valence-corrected chi connectivity index (χ0v) is 14.9. The molecule has 0 spiro atoms. The number of carbonyl (C=O) groups is 3. The minimum atomic E-state index is -0.599. The molecule has 0 aromatic carbocycles. The van der Waals surface area contributed by atoms with Crippen molar-refractivity contribution in [1.29, 1.82) is 0 Å². The molecule has 1 aliphatic heterocycles. The molecule has 136 valence electrons. The second-order valence-corrected chi connectivity index (χ2v) is 7.61. The van der Waals surface area contributed by atoms with Crippen LogP contribution in [0.2, 0.25) is 0 Å². The van der Waals surface area contributed by atoms with E-state index < -0.39 is 29.6 Å². The Hall–Kier alpha value is -2.11. The summed E-state index contributed by atoms with van der Waals surface area (Å²) in [6.45, 7) is 12.7. The largest absolute Gasteiger partial charge is 0.458 e. The Morgan fingerprint density at radius 3 is 2.44 bits per heavy atom. The van der Waals surface area contributed by atoms with Gasteiger partial charge in [0.1, 0.15) is 18.3 Å². The van der Waals surface area contributed by atoms with Crippen molar-refractivity contribution in [3.8, 4) is 0 Å². The van der Waals surface area contributed by atoms with Crippen molar-refractivity contribution in [2.45, 2.75) is 58.3 Å². The maximum absolute atomic E-state index is 11.9. The zero-order valence-electron chi connectivity index (χ0n) is 14.9. The summed E-state index contributed by atoms with van der Waals surface area (Å²) in [6, 6.07) is 0. The molecule has 3 aliphatic rings. The van der Waals surface area contributed by atoms with Gasteiger partial charge in [-0.25, -0.2) is 4.79 Å². The molecule has 0 unspecified atom stereocenters. The molecule has 25 heavy (non-hydrogen) atoms. The first-order valence-electron chi connectivity index (χ1n) is 8.55. The van der Waals surface area contributed by atoms with Gasteiger partial charge in [0, 0.05) is 37.2 Å². The maximum atomic E-state index is 11.9. The molecule has 0 aromatic heterocycles. The van der Waals surface area contributed by atoms with E-state index in [0.29, 0.717) is 24.8 Å². The van der Waals surface area contributed by atoms with Crippen molar-refractivity contribution in [2.24, 2.45) is 17.3 Å². The van der Waals surface area contributed by atoms with Crippen molar-refractivity contribution in [3.05, 3.63) is 24.3 Å². The first kappa shape index (κ1) is 17.7. The molecule has 1 saturated heterocycles. The van der Waals surface area contributed by atoms with Gasteiger partial charge in [0.05, 0.1) is 0 Å². The number of esters is 3. The Morgan fingerprint density at radius 2 is 1.84 bits per heavy atom. The Morgan fingerprint density at radius 1 is 1.20 bits per heavy atom. The number of hydrogen-bond acceptors (Lipinski definition) is 6. The minimum Gasteiger partial charge on any atom is -0.458 e. The number of fused-ring (bicyclic) bond motifs is 2. The van der Waals surface area contributed by atoms with Gasteiger partial charge in [0.25, 0.3) is 0 Å². The summed E-state index contributed by atoms with van der Waals surface area (Å²) in [5, 5.41) is 0. The molecule has 0 amide bonds. The van der Waals surface area contributed by atoms with Crippen molar-refractivity contribution in [2.75, 3.05) is 0 Å². The van der Waals surface area contributed by atoms with Crippen LogP contribution >= 0.6 is 0 Å². The number of hydrogen-bond donors (Lipinski definition) is 0. The van der Waals surface area contributed by atoms with Crippen LogP contribution in [0, 0.1) is 17.3 Å². The first-order chi connectivity index (χ1) is 11.6. The summed E-state index contributed by atoms with van der Waals surface area (Å²) in [4.78, 5) is 35.1. The molecule has 1 heterocycles. The smallest absolute Gasteiger partial charge is 0.334 e. The van der Waals surface area contributed by atoms with E-state index in [1.54, 1.807) is 0 Å². The van der Waals surface area contributed by atoms with Crippen molar-refractivity contribution >= 4 is 17.9 Å². The van der Waals surface area contributed by atoms with Gasteiger partial charge in [-0.05, 0) is 18.8 Å². The van der Waals surface area contributed by atoms with E-state index in [9.17, 15) is 14.4 Å². The molecule has 0 radical (unpaired) electrons. The molecule has 0 N–H and O–H groups in total. The summed E-state index contributed by atoms with van der Waals surface area (Å²) in [5.41, 5.74) is 0.932. The Labute approximate surface area is 147 Å². The van der Waals surface area contributed by atoms with E-state index >= 15 is 0 Å². The van der Waals surface area contributed by atoms with Crippen LogP contribution in [0.25, 0.3) is 0 Å². The van der Waals surface area contributed by atoms with Gasteiger partial charge in [0.2, 0.25) is 0 Å². The average Bonchev–Trinajstić information content (AvgIpc) is 2.75. The van der Waals surface area contributed by atoms with Crippen LogP contribution in [-0.2, 0) is 28.6 Å². The average molecular weight is 348 g/mol. The summed E-state index contributed by atoms with van der Waals surface area (Å²) in [7, 11) is 0. The van der Waals surface area contributed by atoms with E-state index in [1.807, 2.05) is 6.92 Å². The maximum Gasteiger partial charge on any atom is 0.334 e. The predicted molar refractivity (Wildman–Crippen MR) is 88.2 cm³/mol. The molecular weight excluding hydrogens is 324 g/mol. The van der Waals surface area contributed by atoms with Gasteiger partial charge in [-0.1, -0.05) is 25.7 Å². The van der Waals surface area contributed by atoms with E-state index in [2.05, 4.69) is 13.2 Å². The fourth-order valence-electron chi connectivity index (χ4n) is 4.83. The normalized spacial score (nSPS) is 40.0. The van der Waals surface area contributed by atoms with Gasteiger partial charge >= 0.3 is 17.9 Å². The second-order valence-electron chi connectivity index (χ2n) is 7.61. The molecule has 0 bridgehead atoms. The molecule has 2 aliphatic carbocycles. The van der Waals surface area contributed by atoms with E-state index in [4.69, 9.17) is 14.2 Å². The summed E-state index contributed by atoms with van der Waals surface area (Å²) < 4.78 is 16.5. The van der Waals surface area contributed by atoms with Crippen molar-refractivity contribution in [1.82, 2.24) is 0 Å². The second kappa shape index (κ2) is 6.00. The monoisotopic (exact) mass is 348 g/mol. The molecule has 2 saturated carbocycles. The van der Waals surface area contributed by atoms with Crippen LogP contribution < -0.4 is 0 Å². The topological polar surface area (TPSA) is 78.9 Å². The Balaban J connectivity index is 1.97. The molecular formula is C19H24O6. The molecule has 0 aromatic rings. The number of rotatable bonds is 2. The Kier molecular flexibility index (Phi) is 4.25. The van der Waals surface area contributed by atoms with Crippen molar-refractivity contribution < 1.29 is 28.6 Å². The number of carbonyl (C=O) groups excluding carboxylic acids is 3. The minimum absolute atomic E-state index is 0.0365. The fraction of sp³-hybridized carbons (Fsp3) is 0.632. The molecule has 6 nitrogen and oxygen atoms in total. The molecule has 3 fully saturated rings. The SMILES string of the molecule is C=C1C(=O)O[C@@H]2C[C@]3(C)[C@@H](C[C@H]12)C(=C)C[C@H](OC(C)=O)[C@@H]3OC(C)=O. The van der Waals surface area contributed by atoms with Gasteiger partial charge in [-0.3, -0.25) is 9.59 Å². The molecule has 6 heteroatoms. The molecule has 3 rings (SSSR count). The third-order valence-corrected chi connectivity index (χ3v) is 5.90. The fourth-order valence-corrected chi connectivity index (χ4v) is 4.83.